The van der Waals surface area contributed by atoms with E-state index in [1.54, 1.807) is 13.0 Å². The fourth-order valence-corrected chi connectivity index (χ4v) is 11.6. The molecule has 4 saturated carbocycles. The highest BCUT2D eigenvalue weighted by atomic mass is 16.8. The first-order valence-corrected chi connectivity index (χ1v) is 18.4. The van der Waals surface area contributed by atoms with Crippen LogP contribution >= 0.6 is 0 Å². The van der Waals surface area contributed by atoms with E-state index in [0.717, 1.165) is 37.7 Å². The summed E-state index contributed by atoms with van der Waals surface area (Å²) >= 11 is 0. The topological polar surface area (TPSA) is 214 Å². The zero-order valence-electron chi connectivity index (χ0n) is 29.4. The van der Waals surface area contributed by atoms with Crippen LogP contribution in [0.1, 0.15) is 72.1 Å². The van der Waals surface area contributed by atoms with Gasteiger partial charge in [0.25, 0.3) is 0 Å². The zero-order valence-corrected chi connectivity index (χ0v) is 29.4. The summed E-state index contributed by atoms with van der Waals surface area (Å²) in [6, 6.07) is 0. The molecule has 2 saturated heterocycles. The van der Waals surface area contributed by atoms with Crippen molar-refractivity contribution in [2.45, 2.75) is 151 Å². The monoisotopic (exact) mass is 712 g/mol. The molecule has 7 rings (SSSR count). The van der Waals surface area contributed by atoms with Crippen LogP contribution in [0, 0.1) is 34.5 Å². The number of hydrogen-bond acceptors (Lipinski definition) is 14. The molecule has 0 bridgehead atoms. The van der Waals surface area contributed by atoms with Gasteiger partial charge in [-0.2, -0.15) is 0 Å². The Hall–Kier alpha value is -1.27. The van der Waals surface area contributed by atoms with Crippen LogP contribution in [0.2, 0.25) is 0 Å². The van der Waals surface area contributed by atoms with Crippen molar-refractivity contribution in [1.29, 1.82) is 0 Å². The third-order valence-electron chi connectivity index (χ3n) is 14.5. The van der Waals surface area contributed by atoms with Crippen LogP contribution in [0.4, 0.5) is 0 Å². The minimum atomic E-state index is -1.68. The van der Waals surface area contributed by atoms with E-state index in [0.29, 0.717) is 25.9 Å². The summed E-state index contributed by atoms with van der Waals surface area (Å²) in [5.41, 5.74) is -0.760. The van der Waals surface area contributed by atoms with Crippen LogP contribution in [-0.4, -0.2) is 141 Å². The fraction of sp³-hybridized carbons (Fsp3) is 0.917. The van der Waals surface area contributed by atoms with E-state index in [9.17, 15) is 40.5 Å². The highest BCUT2D eigenvalue weighted by Gasteiger charge is 2.69. The predicted molar refractivity (Wildman–Crippen MR) is 172 cm³/mol. The summed E-state index contributed by atoms with van der Waals surface area (Å²) in [7, 11) is 1.40. The number of fused-ring (bicyclic) bond motifs is 5. The Morgan fingerprint density at radius 3 is 2.30 bits per heavy atom. The van der Waals surface area contributed by atoms with Crippen molar-refractivity contribution in [1.82, 2.24) is 0 Å². The van der Waals surface area contributed by atoms with Gasteiger partial charge in [-0.1, -0.05) is 13.8 Å². The minimum absolute atomic E-state index is 0.0148. The van der Waals surface area contributed by atoms with E-state index >= 15 is 0 Å². The molecule has 0 unspecified atom stereocenters. The molecule has 0 spiro atoms. The summed E-state index contributed by atoms with van der Waals surface area (Å²) in [5.74, 6) is -0.00539. The zero-order chi connectivity index (χ0) is 35.9. The molecule has 7 aliphatic rings. The lowest BCUT2D eigenvalue weighted by Gasteiger charge is -2.64. The fourth-order valence-electron chi connectivity index (χ4n) is 11.6. The Morgan fingerprint density at radius 2 is 1.62 bits per heavy atom. The van der Waals surface area contributed by atoms with Crippen LogP contribution in [0.3, 0.4) is 0 Å². The maximum Gasteiger partial charge on any atom is 0.331 e. The second kappa shape index (κ2) is 13.5. The van der Waals surface area contributed by atoms with Gasteiger partial charge in [-0.3, -0.25) is 0 Å². The van der Waals surface area contributed by atoms with Crippen molar-refractivity contribution in [3.63, 3.8) is 0 Å². The molecule has 7 N–H and O–H groups in total. The van der Waals surface area contributed by atoms with Gasteiger partial charge in [0.1, 0.15) is 49.3 Å². The second-order valence-corrected chi connectivity index (χ2v) is 16.6. The van der Waals surface area contributed by atoms with Crippen molar-refractivity contribution in [3.8, 4) is 0 Å². The number of aliphatic hydroxyl groups is 7. The van der Waals surface area contributed by atoms with E-state index in [4.69, 9.17) is 28.4 Å². The molecule has 4 aliphatic carbocycles. The van der Waals surface area contributed by atoms with Crippen molar-refractivity contribution in [3.05, 3.63) is 11.6 Å². The minimum Gasteiger partial charge on any atom is -0.458 e. The average Bonchev–Trinajstić information content (AvgIpc) is 3.63. The van der Waals surface area contributed by atoms with E-state index in [-0.39, 0.29) is 35.1 Å². The molecular formula is C36H56O14. The second-order valence-electron chi connectivity index (χ2n) is 16.6. The average molecular weight is 713 g/mol. The Kier molecular flexibility index (Phi) is 10.0. The van der Waals surface area contributed by atoms with Gasteiger partial charge in [-0.05, 0) is 86.5 Å². The number of ether oxygens (including phenoxy) is 6. The van der Waals surface area contributed by atoms with Crippen LogP contribution in [0.5, 0.6) is 0 Å². The van der Waals surface area contributed by atoms with Crippen molar-refractivity contribution >= 4 is 5.97 Å². The molecule has 0 amide bonds. The van der Waals surface area contributed by atoms with Gasteiger partial charge in [-0.15, -0.1) is 0 Å². The third-order valence-corrected chi connectivity index (χ3v) is 14.5. The van der Waals surface area contributed by atoms with Gasteiger partial charge in [0, 0.05) is 25.0 Å². The largest absolute Gasteiger partial charge is 0.458 e. The number of methoxy groups -OCH3 is 1. The quantitative estimate of drug-likeness (QED) is 0.136. The molecule has 3 aliphatic heterocycles. The summed E-state index contributed by atoms with van der Waals surface area (Å²) in [5, 5.41) is 76.5. The summed E-state index contributed by atoms with van der Waals surface area (Å²) in [6.07, 6.45) is -6.62. The van der Waals surface area contributed by atoms with Gasteiger partial charge in [-0.25, -0.2) is 4.79 Å². The Morgan fingerprint density at radius 1 is 0.860 bits per heavy atom. The molecule has 14 heteroatoms. The van der Waals surface area contributed by atoms with Crippen molar-refractivity contribution < 1.29 is 69.0 Å². The molecule has 50 heavy (non-hydrogen) atoms. The van der Waals surface area contributed by atoms with Gasteiger partial charge >= 0.3 is 5.97 Å². The molecule has 3 heterocycles. The van der Waals surface area contributed by atoms with Crippen LogP contribution in [0.25, 0.3) is 0 Å². The number of carbonyl (C=O) groups excluding carboxylic acids is 1. The normalized spacial score (nSPS) is 55.1. The third kappa shape index (κ3) is 5.63. The van der Waals surface area contributed by atoms with Crippen molar-refractivity contribution in [2.75, 3.05) is 20.3 Å². The molecule has 0 aromatic rings. The Labute approximate surface area is 292 Å². The lowest BCUT2D eigenvalue weighted by molar-refractivity contribution is -0.373. The first-order chi connectivity index (χ1) is 23.7. The summed E-state index contributed by atoms with van der Waals surface area (Å²) < 4.78 is 35.3. The van der Waals surface area contributed by atoms with E-state index in [2.05, 4.69) is 13.8 Å². The number of rotatable bonds is 7. The molecular weight excluding hydrogens is 656 g/mol. The van der Waals surface area contributed by atoms with Gasteiger partial charge in [0.15, 0.2) is 12.6 Å². The standard InChI is InChI=1S/C36H56O14/c1-16-26(40)30(45-4)31(50-32-29(43)28(42)27(41)23(14-37)49-32)33(47-16)48-19-12-18-5-6-22-21(35(18,3)24(38)13-19)7-9-34(2)20(8-10-36(22,34)44)17-11-25(39)46-15-17/h11,16,18-24,26-33,37-38,40-44H,5-10,12-15H2,1-4H3/t16-,18-,19-,20-,21+,22-,23-,24+,26+,27-,28+,29-,30+,31-,32+,33+,34-,35+,36+/m1/s1. The SMILES string of the molecule is CO[C@H]1[C@@H](O)[C@@H](C)O[C@@H](O[C@@H]2C[C@H]3CC[C@@H]4[C@H](CC[C@]5(C)[C@@H](C6=CC(=O)OC6)CC[C@]45O)[C@@]3(C)[C@@H](O)C2)[C@@H]1O[C@@H]1O[C@H](CO)[C@@H](O)[C@H](O)[C@H]1O. The Bertz CT molecular complexity index is 1300. The number of aliphatic hydroxyl groups excluding tert-OH is 6. The molecule has 284 valence electrons. The van der Waals surface area contributed by atoms with Gasteiger partial charge in [0.05, 0.1) is 30.5 Å². The highest BCUT2D eigenvalue weighted by Crippen LogP contribution is 2.70. The first-order valence-electron chi connectivity index (χ1n) is 18.4. The van der Waals surface area contributed by atoms with Crippen LogP contribution in [0.15, 0.2) is 11.6 Å². The smallest absolute Gasteiger partial charge is 0.331 e. The van der Waals surface area contributed by atoms with Crippen LogP contribution in [-0.2, 0) is 33.2 Å². The predicted octanol–water partition coefficient (Wildman–Crippen LogP) is -0.0948. The lowest BCUT2D eigenvalue weighted by Crippen LogP contribution is -2.66. The maximum atomic E-state index is 12.6. The maximum absolute atomic E-state index is 12.6. The summed E-state index contributed by atoms with van der Waals surface area (Å²) in [6.45, 7) is 5.69. The van der Waals surface area contributed by atoms with Gasteiger partial charge in [0.2, 0.25) is 0 Å². The van der Waals surface area contributed by atoms with Crippen LogP contribution < -0.4 is 0 Å². The Balaban J connectivity index is 1.08. The lowest BCUT2D eigenvalue weighted by atomic mass is 9.42. The molecule has 19 atom stereocenters. The number of esters is 1. The molecule has 6 fully saturated rings. The molecule has 0 aromatic heterocycles. The van der Waals surface area contributed by atoms with E-state index in [1.807, 2.05) is 0 Å². The molecule has 0 aromatic carbocycles. The highest BCUT2D eigenvalue weighted by molar-refractivity contribution is 5.85. The molecule has 14 nitrogen and oxygen atoms in total. The van der Waals surface area contributed by atoms with E-state index in [1.165, 1.54) is 7.11 Å². The summed E-state index contributed by atoms with van der Waals surface area (Å²) in [4.78, 5) is 11.9. The number of hydrogen-bond donors (Lipinski definition) is 7. The number of cyclic esters (lactones) is 1. The van der Waals surface area contributed by atoms with Gasteiger partial charge < -0.3 is 64.2 Å². The molecule has 0 radical (unpaired) electrons. The number of carbonyl (C=O) groups is 1. The van der Waals surface area contributed by atoms with Crippen molar-refractivity contribution in [2.24, 2.45) is 34.5 Å². The van der Waals surface area contributed by atoms with E-state index < -0.39 is 91.2 Å². The first kappa shape index (κ1) is 37.1.